The van der Waals surface area contributed by atoms with Crippen LogP contribution in [0.4, 0.5) is 5.82 Å². The second-order valence-corrected chi connectivity index (χ2v) is 7.69. The first-order valence-corrected chi connectivity index (χ1v) is 9.44. The quantitative estimate of drug-likeness (QED) is 0.698. The normalized spacial score (nSPS) is 12.2. The molecule has 136 valence electrons. The minimum absolute atomic E-state index is 0.0607. The van der Waals surface area contributed by atoms with Crippen molar-refractivity contribution >= 4 is 34.0 Å². The summed E-state index contributed by atoms with van der Waals surface area (Å²) in [6, 6.07) is 5.60. The highest BCUT2D eigenvalue weighted by molar-refractivity contribution is 7.11. The molecule has 0 aliphatic heterocycles. The monoisotopic (exact) mass is 369 g/mol. The number of benzene rings is 1. The molecule has 0 radical (unpaired) electrons. The molecule has 1 unspecified atom stereocenters. The number of nitrogens with one attached hydrogen (secondary N) is 2. The van der Waals surface area contributed by atoms with E-state index in [-0.39, 0.29) is 5.91 Å². The molecule has 0 aliphatic carbocycles. The number of rotatable bonds is 6. The Morgan fingerprint density at radius 2 is 2.04 bits per heavy atom. The summed E-state index contributed by atoms with van der Waals surface area (Å²) < 4.78 is 0. The van der Waals surface area contributed by atoms with Gasteiger partial charge in [0.25, 0.3) is 0 Å². The van der Waals surface area contributed by atoms with Gasteiger partial charge in [0.05, 0.1) is 16.2 Å². The maximum atomic E-state index is 12.4. The summed E-state index contributed by atoms with van der Waals surface area (Å²) in [5, 5.41) is 8.13. The van der Waals surface area contributed by atoms with Gasteiger partial charge in [-0.15, -0.1) is 11.3 Å². The average Bonchev–Trinajstić information content (AvgIpc) is 2.93. The maximum absolute atomic E-state index is 12.4. The predicted octanol–water partition coefficient (Wildman–Crippen LogP) is 3.17. The fourth-order valence-electron chi connectivity index (χ4n) is 2.65. The van der Waals surface area contributed by atoms with Crippen LogP contribution in [0.15, 0.2) is 24.5 Å². The summed E-state index contributed by atoms with van der Waals surface area (Å²) in [5.41, 5.74) is 3.05. The highest BCUT2D eigenvalue weighted by Gasteiger charge is 2.15. The van der Waals surface area contributed by atoms with E-state index in [2.05, 4.69) is 32.5 Å². The van der Waals surface area contributed by atoms with Crippen LogP contribution in [0.3, 0.4) is 0 Å². The van der Waals surface area contributed by atoms with Gasteiger partial charge in [-0.05, 0) is 39.8 Å². The number of anilines is 1. The Labute approximate surface area is 157 Å². The molecule has 0 bridgehead atoms. The minimum Gasteiger partial charge on any atom is -0.358 e. The Morgan fingerprint density at radius 1 is 1.23 bits per heavy atom. The third-order valence-corrected chi connectivity index (χ3v) is 5.38. The number of fused-ring (bicyclic) bond motifs is 1. The standard InChI is InChI=1S/C19H23N5OS/c1-11-5-6-16-15(9-11)18(22-10-21-16)24-13(3)19(25)20-8-7-17-23-12(2)14(4)26-17/h5-6,9-10,13H,7-8H2,1-4H3,(H,20,25)(H,21,22,24). The summed E-state index contributed by atoms with van der Waals surface area (Å²) in [7, 11) is 0. The smallest absolute Gasteiger partial charge is 0.242 e. The molecule has 3 aromatic rings. The molecule has 6 nitrogen and oxygen atoms in total. The van der Waals surface area contributed by atoms with E-state index >= 15 is 0 Å². The van der Waals surface area contributed by atoms with Crippen LogP contribution in [-0.4, -0.2) is 33.4 Å². The van der Waals surface area contributed by atoms with Crippen molar-refractivity contribution in [3.8, 4) is 0 Å². The molecular formula is C19H23N5OS. The molecule has 1 aromatic carbocycles. The van der Waals surface area contributed by atoms with E-state index in [0.29, 0.717) is 12.4 Å². The molecule has 2 heterocycles. The predicted molar refractivity (Wildman–Crippen MR) is 106 cm³/mol. The Morgan fingerprint density at radius 3 is 2.77 bits per heavy atom. The minimum atomic E-state index is -0.395. The zero-order valence-electron chi connectivity index (χ0n) is 15.5. The third kappa shape index (κ3) is 4.16. The van der Waals surface area contributed by atoms with Crippen LogP contribution in [0.1, 0.15) is 28.1 Å². The molecule has 0 fully saturated rings. The third-order valence-electron chi connectivity index (χ3n) is 4.25. The Kier molecular flexibility index (Phi) is 5.46. The van der Waals surface area contributed by atoms with Crippen molar-refractivity contribution in [2.45, 2.75) is 40.2 Å². The molecule has 0 spiro atoms. The number of aryl methyl sites for hydroxylation is 3. The number of carbonyl (C=O) groups is 1. The molecule has 1 amide bonds. The van der Waals surface area contributed by atoms with Gasteiger partial charge in [-0.25, -0.2) is 15.0 Å². The number of nitrogens with zero attached hydrogens (tertiary/aromatic N) is 3. The molecule has 2 aromatic heterocycles. The fraction of sp³-hybridized carbons (Fsp3) is 0.368. The number of hydrogen-bond donors (Lipinski definition) is 2. The number of hydrogen-bond acceptors (Lipinski definition) is 6. The zero-order chi connectivity index (χ0) is 18.7. The van der Waals surface area contributed by atoms with Gasteiger partial charge >= 0.3 is 0 Å². The Balaban J connectivity index is 1.60. The lowest BCUT2D eigenvalue weighted by atomic mass is 10.1. The van der Waals surface area contributed by atoms with Crippen LogP contribution >= 0.6 is 11.3 Å². The van der Waals surface area contributed by atoms with Gasteiger partial charge in [-0.3, -0.25) is 4.79 Å². The number of thiazole rings is 1. The van der Waals surface area contributed by atoms with E-state index in [0.717, 1.165) is 33.6 Å². The van der Waals surface area contributed by atoms with E-state index in [1.807, 2.05) is 39.0 Å². The maximum Gasteiger partial charge on any atom is 0.242 e. The fourth-order valence-corrected chi connectivity index (χ4v) is 3.58. The van der Waals surface area contributed by atoms with Crippen LogP contribution in [0, 0.1) is 20.8 Å². The number of carbonyl (C=O) groups excluding carboxylic acids is 1. The van der Waals surface area contributed by atoms with Gasteiger partial charge in [-0.1, -0.05) is 11.6 Å². The van der Waals surface area contributed by atoms with Crippen molar-refractivity contribution in [1.29, 1.82) is 0 Å². The van der Waals surface area contributed by atoms with E-state index in [4.69, 9.17) is 0 Å². The van der Waals surface area contributed by atoms with Crippen molar-refractivity contribution in [1.82, 2.24) is 20.3 Å². The molecule has 7 heteroatoms. The molecular weight excluding hydrogens is 346 g/mol. The first-order valence-electron chi connectivity index (χ1n) is 8.62. The van der Waals surface area contributed by atoms with Crippen molar-refractivity contribution in [2.75, 3.05) is 11.9 Å². The van der Waals surface area contributed by atoms with Crippen LogP contribution in [0.2, 0.25) is 0 Å². The second-order valence-electron chi connectivity index (χ2n) is 6.40. The van der Waals surface area contributed by atoms with Crippen LogP contribution in [0.5, 0.6) is 0 Å². The van der Waals surface area contributed by atoms with Crippen LogP contribution < -0.4 is 10.6 Å². The largest absolute Gasteiger partial charge is 0.358 e. The lowest BCUT2D eigenvalue weighted by Crippen LogP contribution is -2.38. The summed E-state index contributed by atoms with van der Waals surface area (Å²) in [5.74, 6) is 0.613. The highest BCUT2D eigenvalue weighted by atomic mass is 32.1. The molecule has 26 heavy (non-hydrogen) atoms. The van der Waals surface area contributed by atoms with E-state index < -0.39 is 6.04 Å². The average molecular weight is 369 g/mol. The van der Waals surface area contributed by atoms with Gasteiger partial charge in [-0.2, -0.15) is 0 Å². The van der Waals surface area contributed by atoms with Gasteiger partial charge in [0.2, 0.25) is 5.91 Å². The van der Waals surface area contributed by atoms with Gasteiger partial charge in [0, 0.05) is 23.2 Å². The first-order chi connectivity index (χ1) is 12.4. The SMILES string of the molecule is Cc1ccc2ncnc(NC(C)C(=O)NCCc3nc(C)c(C)s3)c2c1. The Bertz CT molecular complexity index is 917. The van der Waals surface area contributed by atoms with Gasteiger partial charge in [0.1, 0.15) is 18.2 Å². The topological polar surface area (TPSA) is 79.8 Å². The number of amides is 1. The molecule has 0 saturated carbocycles. The molecule has 0 aliphatic rings. The van der Waals surface area contributed by atoms with E-state index in [1.54, 1.807) is 11.3 Å². The summed E-state index contributed by atoms with van der Waals surface area (Å²) in [6.07, 6.45) is 2.26. The van der Waals surface area contributed by atoms with Crippen molar-refractivity contribution in [2.24, 2.45) is 0 Å². The Hall–Kier alpha value is -2.54. The van der Waals surface area contributed by atoms with Crippen molar-refractivity contribution < 1.29 is 4.79 Å². The van der Waals surface area contributed by atoms with Crippen LogP contribution in [0.25, 0.3) is 10.9 Å². The summed E-state index contributed by atoms with van der Waals surface area (Å²) in [6.45, 7) is 8.49. The zero-order valence-corrected chi connectivity index (χ0v) is 16.3. The summed E-state index contributed by atoms with van der Waals surface area (Å²) in [4.78, 5) is 26.7. The molecule has 2 N–H and O–H groups in total. The molecule has 0 saturated heterocycles. The van der Waals surface area contributed by atoms with E-state index in [9.17, 15) is 4.79 Å². The van der Waals surface area contributed by atoms with Crippen molar-refractivity contribution in [3.05, 3.63) is 45.7 Å². The van der Waals surface area contributed by atoms with E-state index in [1.165, 1.54) is 11.2 Å². The highest BCUT2D eigenvalue weighted by Crippen LogP contribution is 2.21. The molecule has 3 rings (SSSR count). The number of aromatic nitrogens is 3. The summed E-state index contributed by atoms with van der Waals surface area (Å²) >= 11 is 1.68. The second kappa shape index (κ2) is 7.78. The lowest BCUT2D eigenvalue weighted by molar-refractivity contribution is -0.121. The first kappa shape index (κ1) is 18.3. The van der Waals surface area contributed by atoms with Gasteiger partial charge in [0.15, 0.2) is 0 Å². The van der Waals surface area contributed by atoms with Crippen LogP contribution in [-0.2, 0) is 11.2 Å². The van der Waals surface area contributed by atoms with Gasteiger partial charge < -0.3 is 10.6 Å². The molecule has 1 atom stereocenters. The lowest BCUT2D eigenvalue weighted by Gasteiger charge is -2.15. The van der Waals surface area contributed by atoms with Crippen molar-refractivity contribution in [3.63, 3.8) is 0 Å².